The Morgan fingerprint density at radius 3 is 2.43 bits per heavy atom. The Hall–Kier alpha value is -2.60. The highest BCUT2D eigenvalue weighted by Crippen LogP contribution is 2.27. The predicted molar refractivity (Wildman–Crippen MR) is 123 cm³/mol. The van der Waals surface area contributed by atoms with E-state index in [2.05, 4.69) is 4.98 Å². The topological polar surface area (TPSA) is 52.0 Å². The fraction of sp³-hybridized carbons (Fsp3) is 0.0870. The van der Waals surface area contributed by atoms with Crippen molar-refractivity contribution in [2.24, 2.45) is 7.05 Å². The molecule has 30 heavy (non-hydrogen) atoms. The summed E-state index contributed by atoms with van der Waals surface area (Å²) in [4.78, 5) is 29.8. The normalized spacial score (nSPS) is 11.0. The second kappa shape index (κ2) is 8.64. The largest absolute Gasteiger partial charge is 0.290 e. The van der Waals surface area contributed by atoms with E-state index in [0.29, 0.717) is 43.0 Å². The van der Waals surface area contributed by atoms with Gasteiger partial charge in [-0.3, -0.25) is 14.2 Å². The fourth-order valence-corrected chi connectivity index (χ4v) is 4.47. The van der Waals surface area contributed by atoms with Crippen LogP contribution in [0.3, 0.4) is 0 Å². The number of halogens is 2. The van der Waals surface area contributed by atoms with Crippen molar-refractivity contribution < 1.29 is 4.79 Å². The third kappa shape index (κ3) is 4.15. The van der Waals surface area contributed by atoms with Gasteiger partial charge in [-0.2, -0.15) is 0 Å². The van der Waals surface area contributed by atoms with Gasteiger partial charge in [0.2, 0.25) is 0 Å². The van der Waals surface area contributed by atoms with E-state index in [9.17, 15) is 9.59 Å². The molecule has 0 saturated heterocycles. The van der Waals surface area contributed by atoms with Crippen LogP contribution in [0.25, 0.3) is 10.9 Å². The van der Waals surface area contributed by atoms with Crippen molar-refractivity contribution in [2.45, 2.75) is 10.9 Å². The molecular weight excluding hydrogens is 439 g/mol. The van der Waals surface area contributed by atoms with E-state index in [1.165, 1.54) is 11.8 Å². The first-order chi connectivity index (χ1) is 14.4. The molecule has 0 aliphatic heterocycles. The zero-order valence-electron chi connectivity index (χ0n) is 15.9. The highest BCUT2D eigenvalue weighted by Gasteiger charge is 2.13. The molecule has 0 aliphatic rings. The lowest BCUT2D eigenvalue weighted by Crippen LogP contribution is -2.19. The van der Waals surface area contributed by atoms with Crippen molar-refractivity contribution in [2.75, 3.05) is 0 Å². The minimum Gasteiger partial charge on any atom is -0.290 e. The number of para-hydroxylation sites is 1. The maximum Gasteiger partial charge on any atom is 0.261 e. The Kier molecular flexibility index (Phi) is 5.95. The molecule has 0 N–H and O–H groups in total. The van der Waals surface area contributed by atoms with E-state index < -0.39 is 0 Å². The molecule has 4 rings (SSSR count). The number of rotatable bonds is 5. The lowest BCUT2D eigenvalue weighted by Gasteiger charge is -2.10. The van der Waals surface area contributed by atoms with Gasteiger partial charge in [-0.25, -0.2) is 4.98 Å². The molecule has 1 heterocycles. The lowest BCUT2D eigenvalue weighted by atomic mass is 10.0. The first-order valence-corrected chi connectivity index (χ1v) is 10.9. The molecule has 0 unspecified atom stereocenters. The van der Waals surface area contributed by atoms with Crippen LogP contribution < -0.4 is 5.56 Å². The van der Waals surface area contributed by atoms with Crippen molar-refractivity contribution in [3.63, 3.8) is 0 Å². The Labute approximate surface area is 187 Å². The molecule has 4 nitrogen and oxygen atoms in total. The number of hydrogen-bond donors (Lipinski definition) is 0. The molecule has 0 atom stereocenters. The van der Waals surface area contributed by atoms with Crippen LogP contribution in [-0.4, -0.2) is 15.3 Å². The van der Waals surface area contributed by atoms with Crippen LogP contribution in [0.5, 0.6) is 0 Å². The van der Waals surface area contributed by atoms with Crippen molar-refractivity contribution >= 4 is 51.6 Å². The van der Waals surface area contributed by atoms with Crippen LogP contribution in [0.4, 0.5) is 0 Å². The molecule has 0 aliphatic carbocycles. The third-order valence-electron chi connectivity index (χ3n) is 4.72. The van der Waals surface area contributed by atoms with Crippen LogP contribution in [0, 0.1) is 0 Å². The van der Waals surface area contributed by atoms with Crippen LogP contribution in [-0.2, 0) is 12.8 Å². The Balaban J connectivity index is 1.56. The third-order valence-corrected chi connectivity index (χ3v) is 6.40. The number of nitrogens with zero attached hydrogens (tertiary/aromatic N) is 2. The molecule has 0 spiro atoms. The molecule has 7 heteroatoms. The summed E-state index contributed by atoms with van der Waals surface area (Å²) in [6.07, 6.45) is 0. The quantitative estimate of drug-likeness (QED) is 0.218. The summed E-state index contributed by atoms with van der Waals surface area (Å²) < 4.78 is 1.54. The number of benzene rings is 3. The molecule has 150 valence electrons. The Bertz CT molecular complexity index is 1320. The maximum atomic E-state index is 12.7. The number of aromatic nitrogens is 2. The number of fused-ring (bicyclic) bond motifs is 1. The number of hydrogen-bond acceptors (Lipinski definition) is 4. The van der Waals surface area contributed by atoms with E-state index in [0.717, 1.165) is 5.56 Å². The van der Waals surface area contributed by atoms with Gasteiger partial charge >= 0.3 is 0 Å². The van der Waals surface area contributed by atoms with Gasteiger partial charge in [-0.1, -0.05) is 59.2 Å². The van der Waals surface area contributed by atoms with Crippen LogP contribution in [0.15, 0.2) is 76.7 Å². The fourth-order valence-electron chi connectivity index (χ4n) is 3.04. The SMILES string of the molecule is Cn1c(SCc2ccc(C(=O)c3ccc(Cl)cc3)cc2Cl)nc2ccccc2c1=O. The van der Waals surface area contributed by atoms with Crippen LogP contribution in [0.2, 0.25) is 10.0 Å². The monoisotopic (exact) mass is 454 g/mol. The molecule has 0 bridgehead atoms. The number of carbonyl (C=O) groups is 1. The molecule has 0 saturated carbocycles. The van der Waals surface area contributed by atoms with Crippen LogP contribution >= 0.6 is 35.0 Å². The number of ketones is 1. The number of carbonyl (C=O) groups excluding carboxylic acids is 1. The van der Waals surface area contributed by atoms with E-state index in [-0.39, 0.29) is 11.3 Å². The first-order valence-electron chi connectivity index (χ1n) is 9.11. The first kappa shape index (κ1) is 20.7. The minimum absolute atomic E-state index is 0.0851. The molecule has 0 radical (unpaired) electrons. The zero-order chi connectivity index (χ0) is 21.3. The zero-order valence-corrected chi connectivity index (χ0v) is 18.3. The van der Waals surface area contributed by atoms with Gasteiger partial charge < -0.3 is 0 Å². The molecule has 1 aromatic heterocycles. The molecule has 0 amide bonds. The average molecular weight is 455 g/mol. The summed E-state index contributed by atoms with van der Waals surface area (Å²) in [5.41, 5.74) is 2.49. The van der Waals surface area contributed by atoms with Crippen LogP contribution in [0.1, 0.15) is 21.5 Å². The minimum atomic E-state index is -0.119. The smallest absolute Gasteiger partial charge is 0.261 e. The van der Waals surface area contributed by atoms with E-state index in [4.69, 9.17) is 23.2 Å². The lowest BCUT2D eigenvalue weighted by molar-refractivity contribution is 0.103. The van der Waals surface area contributed by atoms with Crippen molar-refractivity contribution in [3.05, 3.63) is 104 Å². The second-order valence-corrected chi connectivity index (χ2v) is 8.49. The summed E-state index contributed by atoms with van der Waals surface area (Å²) in [6.45, 7) is 0. The molecule has 3 aromatic carbocycles. The highest BCUT2D eigenvalue weighted by atomic mass is 35.5. The van der Waals surface area contributed by atoms with Gasteiger partial charge in [0.1, 0.15) is 0 Å². The molecule has 0 fully saturated rings. The Morgan fingerprint density at radius 1 is 1.00 bits per heavy atom. The van der Waals surface area contributed by atoms with Gasteiger partial charge in [0.05, 0.1) is 10.9 Å². The van der Waals surface area contributed by atoms with Crippen molar-refractivity contribution in [1.29, 1.82) is 0 Å². The van der Waals surface area contributed by atoms with Crippen molar-refractivity contribution in [1.82, 2.24) is 9.55 Å². The molecule has 4 aromatic rings. The summed E-state index contributed by atoms with van der Waals surface area (Å²) in [6, 6.07) is 19.3. The van der Waals surface area contributed by atoms with E-state index >= 15 is 0 Å². The van der Waals surface area contributed by atoms with Gasteiger partial charge in [-0.15, -0.1) is 0 Å². The molecular formula is C23H16Cl2N2O2S. The van der Waals surface area contributed by atoms with Gasteiger partial charge in [-0.05, 0) is 48.0 Å². The van der Waals surface area contributed by atoms with Gasteiger partial charge in [0.15, 0.2) is 10.9 Å². The maximum absolute atomic E-state index is 12.7. The predicted octanol–water partition coefficient (Wildman–Crippen LogP) is 5.76. The summed E-state index contributed by atoms with van der Waals surface area (Å²) in [7, 11) is 1.71. The second-order valence-electron chi connectivity index (χ2n) is 6.71. The number of thioether (sulfide) groups is 1. The van der Waals surface area contributed by atoms with Crippen molar-refractivity contribution in [3.8, 4) is 0 Å². The summed E-state index contributed by atoms with van der Waals surface area (Å²) in [5.74, 6) is 0.402. The Morgan fingerprint density at radius 2 is 1.70 bits per heavy atom. The summed E-state index contributed by atoms with van der Waals surface area (Å²) in [5, 5.41) is 2.27. The van der Waals surface area contributed by atoms with Gasteiger partial charge in [0, 0.05) is 34.0 Å². The summed E-state index contributed by atoms with van der Waals surface area (Å²) >= 11 is 13.8. The van der Waals surface area contributed by atoms with E-state index in [1.807, 2.05) is 24.3 Å². The highest BCUT2D eigenvalue weighted by molar-refractivity contribution is 7.98. The van der Waals surface area contributed by atoms with Gasteiger partial charge in [0.25, 0.3) is 5.56 Å². The van der Waals surface area contributed by atoms with E-state index in [1.54, 1.807) is 54.1 Å². The standard InChI is InChI=1S/C23H16Cl2N2O2S/c1-27-22(29)18-4-2-3-5-20(18)26-23(27)30-13-16-7-6-15(12-19(16)25)21(28)14-8-10-17(24)11-9-14/h2-12H,13H2,1H3. The average Bonchev–Trinajstić information content (AvgIpc) is 2.76.